The molecule has 0 aliphatic heterocycles. The zero-order valence-corrected chi connectivity index (χ0v) is 12.9. The van der Waals surface area contributed by atoms with Gasteiger partial charge in [-0.3, -0.25) is 0 Å². The molecule has 82 valence electrons. The van der Waals surface area contributed by atoms with E-state index < -0.39 is 8.03 Å². The van der Waals surface area contributed by atoms with Crippen LogP contribution in [0.25, 0.3) is 21.5 Å². The van der Waals surface area contributed by atoms with Crippen LogP contribution in [0.2, 0.25) is 0 Å². The van der Waals surface area contributed by atoms with Crippen LogP contribution in [0.1, 0.15) is 0 Å². The summed E-state index contributed by atoms with van der Waals surface area (Å²) in [6, 6.07) is 17.1. The Bertz CT molecular complexity index is 686. The van der Waals surface area contributed by atoms with Crippen molar-refractivity contribution in [2.45, 2.75) is 0 Å². The molecule has 0 radical (unpaired) electrons. The van der Waals surface area contributed by atoms with E-state index in [0.29, 0.717) is 5.30 Å². The monoisotopic (exact) mass is 263 g/mol. The van der Waals surface area contributed by atoms with Crippen molar-refractivity contribution in [2.75, 3.05) is 0 Å². The Hall–Kier alpha value is -0.760. The van der Waals surface area contributed by atoms with Crippen molar-refractivity contribution in [1.29, 1.82) is 0 Å². The van der Waals surface area contributed by atoms with Crippen LogP contribution in [-0.2, 0) is 4.57 Å². The molecule has 3 aromatic rings. The molecule has 0 saturated heterocycles. The van der Waals surface area contributed by atoms with Gasteiger partial charge in [-0.15, -0.1) is 0 Å². The molecule has 0 heterocycles. The average Bonchev–Trinajstić information content (AvgIpc) is 2.35. The largest absolute Gasteiger partial charge is 1.00 e. The fraction of sp³-hybridized carbons (Fsp3) is 0. The first-order valence-corrected chi connectivity index (χ1v) is 6.50. The van der Waals surface area contributed by atoms with Gasteiger partial charge in [-0.2, -0.15) is 0 Å². The second-order valence-electron chi connectivity index (χ2n) is 3.92. The predicted molar refractivity (Wildman–Crippen MR) is 68.7 cm³/mol. The second-order valence-corrected chi connectivity index (χ2v) is 4.89. The standard InChI is InChI=1S/C14H9O2P.Na/c15-17(16)14-12-7-3-1-5-10(12)9-11-6-2-4-8-13(11)14;/h1-9H;/q;+1. The van der Waals surface area contributed by atoms with E-state index in [1.807, 2.05) is 54.6 Å². The molecule has 3 rings (SSSR count). The van der Waals surface area contributed by atoms with Gasteiger partial charge in [-0.1, -0.05) is 41.0 Å². The normalized spacial score (nSPS) is 11.3. The molecular weight excluding hydrogens is 254 g/mol. The SMILES string of the molecule is O=[P+]([O-])c1c2ccccc2cc2ccccc12.[Na+]. The maximum absolute atomic E-state index is 11.5. The maximum Gasteiger partial charge on any atom is 1.00 e. The van der Waals surface area contributed by atoms with Crippen molar-refractivity contribution in [3.8, 4) is 0 Å². The van der Waals surface area contributed by atoms with Gasteiger partial charge in [0.25, 0.3) is 0 Å². The number of fused-ring (bicyclic) bond motifs is 2. The Kier molecular flexibility index (Phi) is 4.16. The maximum atomic E-state index is 11.5. The van der Waals surface area contributed by atoms with Crippen molar-refractivity contribution in [1.82, 2.24) is 0 Å². The van der Waals surface area contributed by atoms with E-state index in [4.69, 9.17) is 0 Å². The number of rotatable bonds is 1. The van der Waals surface area contributed by atoms with Gasteiger partial charge in [0.15, 0.2) is 0 Å². The van der Waals surface area contributed by atoms with Gasteiger partial charge in [-0.05, 0) is 29.0 Å². The molecule has 2 nitrogen and oxygen atoms in total. The summed E-state index contributed by atoms with van der Waals surface area (Å²) in [7, 11) is -2.60. The first-order chi connectivity index (χ1) is 8.27. The van der Waals surface area contributed by atoms with E-state index in [9.17, 15) is 9.46 Å². The molecule has 0 aliphatic rings. The number of hydrogen-bond donors (Lipinski definition) is 0. The van der Waals surface area contributed by atoms with E-state index in [1.165, 1.54) is 0 Å². The molecule has 0 amide bonds. The average molecular weight is 263 g/mol. The van der Waals surface area contributed by atoms with Crippen molar-refractivity contribution in [2.24, 2.45) is 0 Å². The number of benzene rings is 3. The topological polar surface area (TPSA) is 40.1 Å². The summed E-state index contributed by atoms with van der Waals surface area (Å²) in [5.41, 5.74) is 0. The summed E-state index contributed by atoms with van der Waals surface area (Å²) in [5, 5.41) is 3.93. The van der Waals surface area contributed by atoms with Crippen molar-refractivity contribution < 1.29 is 39.0 Å². The van der Waals surface area contributed by atoms with Crippen LogP contribution in [0.15, 0.2) is 54.6 Å². The molecule has 1 unspecified atom stereocenters. The molecule has 4 heteroatoms. The molecule has 0 N–H and O–H groups in total. The Balaban J connectivity index is 0.00000120. The number of hydrogen-bond acceptors (Lipinski definition) is 2. The minimum atomic E-state index is -2.60. The molecule has 1 atom stereocenters. The minimum absolute atomic E-state index is 0. The van der Waals surface area contributed by atoms with Crippen molar-refractivity contribution >= 4 is 34.9 Å². The molecular formula is C14H9NaO2P+. The Morgan fingerprint density at radius 2 is 1.28 bits per heavy atom. The van der Waals surface area contributed by atoms with E-state index >= 15 is 0 Å². The van der Waals surface area contributed by atoms with Crippen molar-refractivity contribution in [3.05, 3.63) is 54.6 Å². The molecule has 0 fully saturated rings. The van der Waals surface area contributed by atoms with E-state index in [-0.39, 0.29) is 29.6 Å². The summed E-state index contributed by atoms with van der Waals surface area (Å²) >= 11 is 0. The van der Waals surface area contributed by atoms with E-state index in [1.54, 1.807) is 0 Å². The fourth-order valence-electron chi connectivity index (χ4n) is 2.19. The third-order valence-electron chi connectivity index (χ3n) is 2.93. The van der Waals surface area contributed by atoms with E-state index in [2.05, 4.69) is 0 Å². The molecule has 0 bridgehead atoms. The first-order valence-electron chi connectivity index (χ1n) is 5.32. The molecule has 0 aliphatic carbocycles. The van der Waals surface area contributed by atoms with Crippen LogP contribution >= 0.6 is 8.03 Å². The van der Waals surface area contributed by atoms with Crippen LogP contribution in [-0.4, -0.2) is 0 Å². The second kappa shape index (κ2) is 5.48. The van der Waals surface area contributed by atoms with Gasteiger partial charge in [0.05, 0.1) is 0 Å². The summed E-state index contributed by atoms with van der Waals surface area (Å²) in [6.07, 6.45) is 0. The third kappa shape index (κ3) is 2.23. The van der Waals surface area contributed by atoms with Gasteiger partial charge in [0, 0.05) is 10.8 Å². The quantitative estimate of drug-likeness (QED) is 0.344. The van der Waals surface area contributed by atoms with Gasteiger partial charge in [0.2, 0.25) is 5.30 Å². The minimum Gasteiger partial charge on any atom is -0.591 e. The summed E-state index contributed by atoms with van der Waals surface area (Å²) in [6.45, 7) is 0. The van der Waals surface area contributed by atoms with Crippen LogP contribution in [0.4, 0.5) is 0 Å². The zero-order valence-electron chi connectivity index (χ0n) is 9.96. The Labute approximate surface area is 128 Å². The smallest absolute Gasteiger partial charge is 0.591 e. The van der Waals surface area contributed by atoms with Gasteiger partial charge < -0.3 is 4.89 Å². The predicted octanol–water partition coefficient (Wildman–Crippen LogP) is -0.275. The zero-order chi connectivity index (χ0) is 11.8. The molecule has 3 aromatic carbocycles. The van der Waals surface area contributed by atoms with Crippen LogP contribution in [0, 0.1) is 0 Å². The van der Waals surface area contributed by atoms with Crippen LogP contribution in [0.3, 0.4) is 0 Å². The molecule has 0 spiro atoms. The van der Waals surface area contributed by atoms with Gasteiger partial charge >= 0.3 is 37.6 Å². The van der Waals surface area contributed by atoms with Gasteiger partial charge in [0.1, 0.15) is 0 Å². The molecule has 0 saturated carbocycles. The molecule has 18 heavy (non-hydrogen) atoms. The van der Waals surface area contributed by atoms with Crippen LogP contribution < -0.4 is 39.8 Å². The first kappa shape index (κ1) is 13.7. The van der Waals surface area contributed by atoms with E-state index in [0.717, 1.165) is 21.5 Å². The molecule has 0 aromatic heterocycles. The third-order valence-corrected chi connectivity index (χ3v) is 3.77. The summed E-state index contributed by atoms with van der Waals surface area (Å²) in [5.74, 6) is 0. The summed E-state index contributed by atoms with van der Waals surface area (Å²) < 4.78 is 11.5. The van der Waals surface area contributed by atoms with Crippen LogP contribution in [0.5, 0.6) is 0 Å². The Morgan fingerprint density at radius 3 is 1.72 bits per heavy atom. The van der Waals surface area contributed by atoms with Gasteiger partial charge in [-0.25, -0.2) is 0 Å². The summed E-state index contributed by atoms with van der Waals surface area (Å²) in [4.78, 5) is 11.5. The fourth-order valence-corrected chi connectivity index (χ4v) is 2.99. The Morgan fingerprint density at radius 1 is 0.833 bits per heavy atom. The van der Waals surface area contributed by atoms with Crippen molar-refractivity contribution in [3.63, 3.8) is 0 Å².